The highest BCUT2D eigenvalue weighted by molar-refractivity contribution is 5.74. The summed E-state index contributed by atoms with van der Waals surface area (Å²) < 4.78 is 4.87. The molecule has 1 unspecified atom stereocenters. The third-order valence-electron chi connectivity index (χ3n) is 1.66. The number of carbonyl (C=O) groups excluding carboxylic acids is 1. The van der Waals surface area contributed by atoms with E-state index in [1.54, 1.807) is 0 Å². The summed E-state index contributed by atoms with van der Waals surface area (Å²) in [6, 6.07) is 0. The number of unbranched alkanes of at least 4 members (excludes halogenated alkanes) is 1. The molecule has 0 aliphatic heterocycles. The van der Waals surface area contributed by atoms with Gasteiger partial charge in [0, 0.05) is 0 Å². The van der Waals surface area contributed by atoms with E-state index in [1.165, 1.54) is 0 Å². The van der Waals surface area contributed by atoms with E-state index in [-0.39, 0.29) is 0 Å². The van der Waals surface area contributed by atoms with E-state index in [0.717, 1.165) is 12.8 Å². The van der Waals surface area contributed by atoms with Gasteiger partial charge in [-0.2, -0.15) is 0 Å². The number of aliphatic hydroxyl groups excluding tert-OH is 1. The van der Waals surface area contributed by atoms with E-state index in [9.17, 15) is 9.90 Å². The maximum Gasteiger partial charge on any atom is 0.334 e. The first-order valence-corrected chi connectivity index (χ1v) is 4.92. The molecule has 0 saturated heterocycles. The standard InChI is InChI=1S/C10H20O3/c1-4-5-6-9(11)10(12)13-7-8(2)3/h8-9,11H,4-7H2,1-3H3. The highest BCUT2D eigenvalue weighted by Gasteiger charge is 2.15. The number of ether oxygens (including phenoxy) is 1. The Labute approximate surface area is 80.1 Å². The van der Waals surface area contributed by atoms with Gasteiger partial charge in [0.15, 0.2) is 6.10 Å². The SMILES string of the molecule is CCCCC(O)C(=O)OCC(C)C. The van der Waals surface area contributed by atoms with Gasteiger partial charge in [-0.25, -0.2) is 4.79 Å². The molecule has 0 rings (SSSR count). The van der Waals surface area contributed by atoms with Crippen molar-refractivity contribution in [2.45, 2.75) is 46.1 Å². The molecule has 0 heterocycles. The molecule has 0 aromatic heterocycles. The monoisotopic (exact) mass is 188 g/mol. The minimum absolute atomic E-state index is 0.322. The molecule has 1 N–H and O–H groups in total. The Hall–Kier alpha value is -0.570. The first-order chi connectivity index (χ1) is 6.07. The first kappa shape index (κ1) is 12.4. The number of hydrogen-bond acceptors (Lipinski definition) is 3. The molecule has 1 atom stereocenters. The van der Waals surface area contributed by atoms with Crippen LogP contribution in [0.25, 0.3) is 0 Å². The van der Waals surface area contributed by atoms with Crippen LogP contribution < -0.4 is 0 Å². The Morgan fingerprint density at radius 2 is 2.08 bits per heavy atom. The van der Waals surface area contributed by atoms with E-state index in [2.05, 4.69) is 0 Å². The summed E-state index contributed by atoms with van der Waals surface area (Å²) in [7, 11) is 0. The predicted molar refractivity (Wildman–Crippen MR) is 51.3 cm³/mol. The Balaban J connectivity index is 3.57. The van der Waals surface area contributed by atoms with Crippen molar-refractivity contribution < 1.29 is 14.6 Å². The second-order valence-corrected chi connectivity index (χ2v) is 3.68. The van der Waals surface area contributed by atoms with Crippen LogP contribution >= 0.6 is 0 Å². The minimum Gasteiger partial charge on any atom is -0.464 e. The molecule has 0 spiro atoms. The van der Waals surface area contributed by atoms with Crippen molar-refractivity contribution in [1.82, 2.24) is 0 Å². The van der Waals surface area contributed by atoms with Gasteiger partial charge in [0.05, 0.1) is 6.61 Å². The molecule has 0 aromatic rings. The molecule has 0 saturated carbocycles. The van der Waals surface area contributed by atoms with Crippen molar-refractivity contribution in [2.24, 2.45) is 5.92 Å². The number of hydrogen-bond donors (Lipinski definition) is 1. The quantitative estimate of drug-likeness (QED) is 0.646. The molecule has 78 valence electrons. The predicted octanol–water partition coefficient (Wildman–Crippen LogP) is 1.74. The summed E-state index contributed by atoms with van der Waals surface area (Å²) in [6.45, 7) is 6.34. The smallest absolute Gasteiger partial charge is 0.334 e. The fourth-order valence-corrected chi connectivity index (χ4v) is 0.860. The summed E-state index contributed by atoms with van der Waals surface area (Å²) in [5.74, 6) is -0.163. The molecular weight excluding hydrogens is 168 g/mol. The second-order valence-electron chi connectivity index (χ2n) is 3.68. The van der Waals surface area contributed by atoms with Gasteiger partial charge in [-0.1, -0.05) is 33.6 Å². The van der Waals surface area contributed by atoms with Gasteiger partial charge in [0.25, 0.3) is 0 Å². The number of carbonyl (C=O) groups is 1. The molecule has 0 aliphatic carbocycles. The highest BCUT2D eigenvalue weighted by Crippen LogP contribution is 2.03. The lowest BCUT2D eigenvalue weighted by Gasteiger charge is -2.11. The van der Waals surface area contributed by atoms with Crippen LogP contribution in [0.5, 0.6) is 0 Å². The molecule has 0 amide bonds. The van der Waals surface area contributed by atoms with E-state index >= 15 is 0 Å². The van der Waals surface area contributed by atoms with Crippen LogP contribution in [0.2, 0.25) is 0 Å². The highest BCUT2D eigenvalue weighted by atomic mass is 16.5. The topological polar surface area (TPSA) is 46.5 Å². The maximum atomic E-state index is 11.1. The van der Waals surface area contributed by atoms with Crippen LogP contribution in [0.4, 0.5) is 0 Å². The summed E-state index contributed by atoms with van der Waals surface area (Å²) in [6.07, 6.45) is 1.42. The molecule has 0 fully saturated rings. The zero-order chi connectivity index (χ0) is 10.3. The van der Waals surface area contributed by atoms with Crippen LogP contribution in [-0.4, -0.2) is 23.8 Å². The van der Waals surface area contributed by atoms with Gasteiger partial charge in [0.1, 0.15) is 0 Å². The van der Waals surface area contributed by atoms with Gasteiger partial charge in [0.2, 0.25) is 0 Å². The minimum atomic E-state index is -0.932. The van der Waals surface area contributed by atoms with Gasteiger partial charge >= 0.3 is 5.97 Å². The lowest BCUT2D eigenvalue weighted by atomic mass is 10.1. The molecule has 0 radical (unpaired) electrons. The van der Waals surface area contributed by atoms with Crippen molar-refractivity contribution in [2.75, 3.05) is 6.61 Å². The van der Waals surface area contributed by atoms with E-state index in [1.807, 2.05) is 20.8 Å². The van der Waals surface area contributed by atoms with Gasteiger partial charge in [-0.3, -0.25) is 0 Å². The van der Waals surface area contributed by atoms with E-state index < -0.39 is 12.1 Å². The normalized spacial score (nSPS) is 13.0. The summed E-state index contributed by atoms with van der Waals surface area (Å²) >= 11 is 0. The lowest BCUT2D eigenvalue weighted by molar-refractivity contribution is -0.155. The van der Waals surface area contributed by atoms with Crippen molar-refractivity contribution in [3.05, 3.63) is 0 Å². The van der Waals surface area contributed by atoms with Crippen molar-refractivity contribution in [3.63, 3.8) is 0 Å². The molecule has 0 aliphatic rings. The zero-order valence-corrected chi connectivity index (χ0v) is 8.75. The largest absolute Gasteiger partial charge is 0.464 e. The van der Waals surface area contributed by atoms with Crippen molar-refractivity contribution in [1.29, 1.82) is 0 Å². The maximum absolute atomic E-state index is 11.1. The van der Waals surface area contributed by atoms with Crippen LogP contribution in [-0.2, 0) is 9.53 Å². The molecule has 3 heteroatoms. The zero-order valence-electron chi connectivity index (χ0n) is 8.75. The third kappa shape index (κ3) is 6.58. The van der Waals surface area contributed by atoms with Crippen LogP contribution in [0.15, 0.2) is 0 Å². The summed E-state index contributed by atoms with van der Waals surface area (Å²) in [4.78, 5) is 11.1. The Kier molecular flexibility index (Phi) is 6.59. The fourth-order valence-electron chi connectivity index (χ4n) is 0.860. The average Bonchev–Trinajstić information content (AvgIpc) is 2.10. The summed E-state index contributed by atoms with van der Waals surface area (Å²) in [5.41, 5.74) is 0. The van der Waals surface area contributed by atoms with Gasteiger partial charge in [-0.05, 0) is 12.3 Å². The lowest BCUT2D eigenvalue weighted by Crippen LogP contribution is -2.24. The third-order valence-corrected chi connectivity index (χ3v) is 1.66. The van der Waals surface area contributed by atoms with E-state index in [4.69, 9.17) is 4.74 Å². The second kappa shape index (κ2) is 6.89. The van der Waals surface area contributed by atoms with Crippen LogP contribution in [0.1, 0.15) is 40.0 Å². The molecule has 0 aromatic carbocycles. The average molecular weight is 188 g/mol. The Morgan fingerprint density at radius 1 is 1.46 bits per heavy atom. The molecular formula is C10H20O3. The fraction of sp³-hybridized carbons (Fsp3) is 0.900. The Bertz CT molecular complexity index is 143. The van der Waals surface area contributed by atoms with Crippen molar-refractivity contribution in [3.8, 4) is 0 Å². The summed E-state index contributed by atoms with van der Waals surface area (Å²) in [5, 5.41) is 9.29. The van der Waals surface area contributed by atoms with Crippen LogP contribution in [0, 0.1) is 5.92 Å². The van der Waals surface area contributed by atoms with Crippen LogP contribution in [0.3, 0.4) is 0 Å². The molecule has 13 heavy (non-hydrogen) atoms. The number of aliphatic hydroxyl groups is 1. The van der Waals surface area contributed by atoms with E-state index in [0.29, 0.717) is 18.9 Å². The Morgan fingerprint density at radius 3 is 2.54 bits per heavy atom. The van der Waals surface area contributed by atoms with Gasteiger partial charge in [-0.15, -0.1) is 0 Å². The first-order valence-electron chi connectivity index (χ1n) is 4.92. The molecule has 0 bridgehead atoms. The number of rotatable bonds is 6. The van der Waals surface area contributed by atoms with Crippen molar-refractivity contribution >= 4 is 5.97 Å². The number of esters is 1. The van der Waals surface area contributed by atoms with Gasteiger partial charge < -0.3 is 9.84 Å². The molecule has 3 nitrogen and oxygen atoms in total.